The third kappa shape index (κ3) is 3.34. The fourth-order valence-electron chi connectivity index (χ4n) is 4.63. The molecule has 0 radical (unpaired) electrons. The van der Waals surface area contributed by atoms with Crippen molar-refractivity contribution >= 4 is 27.6 Å². The van der Waals surface area contributed by atoms with Gasteiger partial charge in [-0.15, -0.1) is 0 Å². The van der Waals surface area contributed by atoms with Gasteiger partial charge in [-0.2, -0.15) is 0 Å². The van der Waals surface area contributed by atoms with Crippen molar-refractivity contribution in [3.8, 4) is 0 Å². The zero-order chi connectivity index (χ0) is 18.1. The standard InChI is InChI=1S/C21H28N2O2S/c1-2-26(25)15-8-5-7-14(13-15)22-21(24)18-11-6-10-17-16-9-3-4-12-19(16)23-20(17)18/h6,10-11,14-15,23H,2-5,7-9,12-13H2,1H3,(H,22,24). The number of carbonyl (C=O) groups excluding carboxylic acids is 1. The van der Waals surface area contributed by atoms with E-state index in [0.717, 1.165) is 49.6 Å². The highest BCUT2D eigenvalue weighted by Gasteiger charge is 2.27. The largest absolute Gasteiger partial charge is 0.358 e. The number of aromatic amines is 1. The van der Waals surface area contributed by atoms with Crippen molar-refractivity contribution in [3.05, 3.63) is 35.0 Å². The maximum absolute atomic E-state index is 13.0. The van der Waals surface area contributed by atoms with E-state index in [2.05, 4.69) is 16.4 Å². The summed E-state index contributed by atoms with van der Waals surface area (Å²) in [4.78, 5) is 16.5. The van der Waals surface area contributed by atoms with Gasteiger partial charge in [-0.3, -0.25) is 9.00 Å². The van der Waals surface area contributed by atoms with Gasteiger partial charge in [0.1, 0.15) is 0 Å². The molecule has 1 heterocycles. The van der Waals surface area contributed by atoms with E-state index in [1.807, 2.05) is 19.1 Å². The normalized spacial score (nSPS) is 24.2. The van der Waals surface area contributed by atoms with Crippen LogP contribution in [0.1, 0.15) is 67.1 Å². The summed E-state index contributed by atoms with van der Waals surface area (Å²) in [5.74, 6) is 0.709. The second-order valence-electron chi connectivity index (χ2n) is 7.65. The highest BCUT2D eigenvalue weighted by Crippen LogP contribution is 2.31. The van der Waals surface area contributed by atoms with E-state index in [1.165, 1.54) is 29.5 Å². The minimum Gasteiger partial charge on any atom is -0.358 e. The summed E-state index contributed by atoms with van der Waals surface area (Å²) in [6.45, 7) is 1.98. The Bertz CT molecular complexity index is 842. The lowest BCUT2D eigenvalue weighted by atomic mass is 9.94. The first-order chi connectivity index (χ1) is 12.7. The Labute approximate surface area is 157 Å². The predicted molar refractivity (Wildman–Crippen MR) is 107 cm³/mol. The highest BCUT2D eigenvalue weighted by atomic mass is 32.2. The molecule has 3 unspecified atom stereocenters. The first-order valence-electron chi connectivity index (χ1n) is 9.98. The zero-order valence-electron chi connectivity index (χ0n) is 15.5. The van der Waals surface area contributed by atoms with Crippen molar-refractivity contribution in [2.75, 3.05) is 5.75 Å². The molecule has 2 aliphatic carbocycles. The van der Waals surface area contributed by atoms with Crippen LogP contribution in [0.15, 0.2) is 18.2 Å². The van der Waals surface area contributed by atoms with Crippen LogP contribution in [0.5, 0.6) is 0 Å². The molecule has 0 bridgehead atoms. The molecular formula is C21H28N2O2S. The van der Waals surface area contributed by atoms with Crippen LogP contribution in [0.3, 0.4) is 0 Å². The average Bonchev–Trinajstić information content (AvgIpc) is 3.06. The molecule has 140 valence electrons. The summed E-state index contributed by atoms with van der Waals surface area (Å²) in [6.07, 6.45) is 8.53. The van der Waals surface area contributed by atoms with E-state index in [-0.39, 0.29) is 17.2 Å². The Morgan fingerprint density at radius 1 is 1.23 bits per heavy atom. The Balaban J connectivity index is 1.55. The van der Waals surface area contributed by atoms with Gasteiger partial charge in [-0.05, 0) is 56.6 Å². The van der Waals surface area contributed by atoms with Crippen LogP contribution in [0.2, 0.25) is 0 Å². The first-order valence-corrected chi connectivity index (χ1v) is 11.4. The van der Waals surface area contributed by atoms with Gasteiger partial charge in [0.25, 0.3) is 5.91 Å². The number of aromatic nitrogens is 1. The van der Waals surface area contributed by atoms with Gasteiger partial charge in [-0.25, -0.2) is 0 Å². The number of carbonyl (C=O) groups is 1. The van der Waals surface area contributed by atoms with E-state index >= 15 is 0 Å². The minimum atomic E-state index is -0.769. The SMILES string of the molecule is CCS(=O)C1CCCC(NC(=O)c2cccc3c4c([nH]c23)CCCC4)C1. The summed E-state index contributed by atoms with van der Waals surface area (Å²) in [7, 11) is -0.769. The van der Waals surface area contributed by atoms with Gasteiger partial charge in [0.15, 0.2) is 0 Å². The summed E-state index contributed by atoms with van der Waals surface area (Å²) in [5.41, 5.74) is 4.44. The molecule has 1 amide bonds. The van der Waals surface area contributed by atoms with E-state index < -0.39 is 10.8 Å². The Hall–Kier alpha value is -1.62. The average molecular weight is 373 g/mol. The van der Waals surface area contributed by atoms with Crippen LogP contribution in [-0.4, -0.2) is 32.1 Å². The molecule has 0 saturated heterocycles. The van der Waals surface area contributed by atoms with Crippen LogP contribution in [-0.2, 0) is 23.6 Å². The van der Waals surface area contributed by atoms with Crippen LogP contribution in [0.25, 0.3) is 10.9 Å². The second kappa shape index (κ2) is 7.55. The number of amides is 1. The molecule has 1 saturated carbocycles. The van der Waals surface area contributed by atoms with Gasteiger partial charge in [0.05, 0.1) is 11.1 Å². The lowest BCUT2D eigenvalue weighted by Gasteiger charge is -2.29. The number of rotatable bonds is 4. The lowest BCUT2D eigenvalue weighted by molar-refractivity contribution is 0.0929. The molecule has 1 aromatic heterocycles. The van der Waals surface area contributed by atoms with Gasteiger partial charge in [0, 0.05) is 38.9 Å². The Morgan fingerprint density at radius 2 is 2.08 bits per heavy atom. The number of hydrogen-bond donors (Lipinski definition) is 2. The van der Waals surface area contributed by atoms with Gasteiger partial charge in [-0.1, -0.05) is 25.5 Å². The van der Waals surface area contributed by atoms with Gasteiger partial charge < -0.3 is 10.3 Å². The minimum absolute atomic E-state index is 0.00197. The summed E-state index contributed by atoms with van der Waals surface area (Å²) in [6, 6.07) is 6.19. The van der Waals surface area contributed by atoms with Gasteiger partial charge >= 0.3 is 0 Å². The molecule has 2 aromatic rings. The van der Waals surface area contributed by atoms with E-state index in [0.29, 0.717) is 5.75 Å². The summed E-state index contributed by atoms with van der Waals surface area (Å²) in [5, 5.41) is 4.66. The van der Waals surface area contributed by atoms with Crippen molar-refractivity contribution in [2.45, 2.75) is 69.6 Å². The van der Waals surface area contributed by atoms with E-state index in [9.17, 15) is 9.00 Å². The predicted octanol–water partition coefficient (Wildman–Crippen LogP) is 3.86. The highest BCUT2D eigenvalue weighted by molar-refractivity contribution is 7.85. The maximum atomic E-state index is 13.0. The first kappa shape index (κ1) is 17.8. The molecule has 0 aliphatic heterocycles. The lowest BCUT2D eigenvalue weighted by Crippen LogP contribution is -2.41. The number of nitrogens with one attached hydrogen (secondary N) is 2. The number of benzene rings is 1. The number of para-hydroxylation sites is 1. The summed E-state index contributed by atoms with van der Waals surface area (Å²) < 4.78 is 12.1. The van der Waals surface area contributed by atoms with Gasteiger partial charge in [0.2, 0.25) is 0 Å². The molecule has 2 aliphatic rings. The van der Waals surface area contributed by atoms with Crippen molar-refractivity contribution in [3.63, 3.8) is 0 Å². The van der Waals surface area contributed by atoms with Crippen LogP contribution in [0, 0.1) is 0 Å². The second-order valence-corrected chi connectivity index (χ2v) is 9.65. The third-order valence-electron chi connectivity index (χ3n) is 6.00. The van der Waals surface area contributed by atoms with Crippen molar-refractivity contribution in [1.29, 1.82) is 0 Å². The van der Waals surface area contributed by atoms with Crippen molar-refractivity contribution in [1.82, 2.24) is 10.3 Å². The van der Waals surface area contributed by atoms with Crippen LogP contribution < -0.4 is 5.32 Å². The number of H-pyrrole nitrogens is 1. The van der Waals surface area contributed by atoms with Crippen LogP contribution in [0.4, 0.5) is 0 Å². The molecule has 4 nitrogen and oxygen atoms in total. The molecule has 4 rings (SSSR count). The molecule has 1 aromatic carbocycles. The zero-order valence-corrected chi connectivity index (χ0v) is 16.3. The molecule has 2 N–H and O–H groups in total. The molecule has 1 fully saturated rings. The third-order valence-corrected chi connectivity index (χ3v) is 7.74. The molecule has 5 heteroatoms. The number of fused-ring (bicyclic) bond motifs is 3. The maximum Gasteiger partial charge on any atom is 0.253 e. The molecule has 3 atom stereocenters. The quantitative estimate of drug-likeness (QED) is 0.856. The van der Waals surface area contributed by atoms with E-state index in [1.54, 1.807) is 0 Å². The molecule has 26 heavy (non-hydrogen) atoms. The Kier molecular flexibility index (Phi) is 5.16. The fraction of sp³-hybridized carbons (Fsp3) is 0.571. The molecular weight excluding hydrogens is 344 g/mol. The van der Waals surface area contributed by atoms with Crippen molar-refractivity contribution < 1.29 is 9.00 Å². The number of aryl methyl sites for hydroxylation is 2. The molecule has 0 spiro atoms. The smallest absolute Gasteiger partial charge is 0.253 e. The van der Waals surface area contributed by atoms with E-state index in [4.69, 9.17) is 0 Å². The van der Waals surface area contributed by atoms with Crippen molar-refractivity contribution in [2.24, 2.45) is 0 Å². The fourth-order valence-corrected chi connectivity index (χ4v) is 5.98. The topological polar surface area (TPSA) is 62.0 Å². The number of hydrogen-bond acceptors (Lipinski definition) is 2. The van der Waals surface area contributed by atoms with Crippen LogP contribution >= 0.6 is 0 Å². The Morgan fingerprint density at radius 3 is 2.92 bits per heavy atom. The summed E-state index contributed by atoms with van der Waals surface area (Å²) >= 11 is 0. The monoisotopic (exact) mass is 372 g/mol.